The molecule has 0 saturated carbocycles. The van der Waals surface area contributed by atoms with E-state index < -0.39 is 0 Å². The van der Waals surface area contributed by atoms with Crippen LogP contribution in [0.4, 0.5) is 0 Å². The second-order valence-corrected chi connectivity index (χ2v) is 5.57. The van der Waals surface area contributed by atoms with Gasteiger partial charge in [-0.1, -0.05) is 6.08 Å². The lowest BCUT2D eigenvalue weighted by atomic mass is 9.73. The summed E-state index contributed by atoms with van der Waals surface area (Å²) in [6.45, 7) is 9.00. The number of hydrogen-bond donors (Lipinski definition) is 0. The van der Waals surface area contributed by atoms with Gasteiger partial charge in [0.05, 0.1) is 17.3 Å². The predicted molar refractivity (Wildman–Crippen MR) is 65.5 cm³/mol. The van der Waals surface area contributed by atoms with Crippen molar-refractivity contribution in [2.45, 2.75) is 69.7 Å². The maximum Gasteiger partial charge on any atom is 0.0748 e. The zero-order valence-corrected chi connectivity index (χ0v) is 10.6. The molecule has 3 atom stereocenters. The van der Waals surface area contributed by atoms with E-state index in [-0.39, 0.29) is 11.2 Å². The topological polar surface area (TPSA) is 18.5 Å². The van der Waals surface area contributed by atoms with Crippen molar-refractivity contribution in [1.82, 2.24) is 0 Å². The Hall–Kier alpha value is -0.340. The molecule has 16 heavy (non-hydrogen) atoms. The standard InChI is InChI=1S/C14H24O2/c1-4-7-14-9-6-8-13(3,16-14)10-12(11-14)15-5-2/h4,12H,1,5-11H2,2-3H3/t12-,13-,14+/m0/s1. The monoisotopic (exact) mass is 224 g/mol. The highest BCUT2D eigenvalue weighted by Gasteiger charge is 2.49. The first-order valence-electron chi connectivity index (χ1n) is 6.54. The lowest BCUT2D eigenvalue weighted by molar-refractivity contribution is -0.241. The summed E-state index contributed by atoms with van der Waals surface area (Å²) in [4.78, 5) is 0. The Balaban J connectivity index is 2.14. The third-order valence-electron chi connectivity index (χ3n) is 3.98. The molecule has 0 radical (unpaired) electrons. The molecule has 92 valence electrons. The molecule has 0 spiro atoms. The van der Waals surface area contributed by atoms with Crippen molar-refractivity contribution in [3.8, 4) is 0 Å². The van der Waals surface area contributed by atoms with E-state index in [2.05, 4.69) is 20.4 Å². The molecule has 0 N–H and O–H groups in total. The van der Waals surface area contributed by atoms with E-state index in [1.165, 1.54) is 12.8 Å². The molecule has 0 unspecified atom stereocenters. The fourth-order valence-corrected chi connectivity index (χ4v) is 3.51. The first kappa shape index (κ1) is 12.1. The van der Waals surface area contributed by atoms with Crippen LogP contribution >= 0.6 is 0 Å². The van der Waals surface area contributed by atoms with Crippen LogP contribution in [0.1, 0.15) is 52.4 Å². The molecule has 2 heterocycles. The Morgan fingerprint density at radius 1 is 1.44 bits per heavy atom. The van der Waals surface area contributed by atoms with Crippen LogP contribution in [0.15, 0.2) is 12.7 Å². The molecule has 2 aliphatic heterocycles. The summed E-state index contributed by atoms with van der Waals surface area (Å²) < 4.78 is 12.2. The summed E-state index contributed by atoms with van der Waals surface area (Å²) in [7, 11) is 0. The number of hydrogen-bond acceptors (Lipinski definition) is 2. The quantitative estimate of drug-likeness (QED) is 0.681. The SMILES string of the molecule is C=CC[C@@]12CCC[C@@](C)(C[C@H](OCC)C1)O2. The van der Waals surface area contributed by atoms with Crippen LogP contribution in [0.25, 0.3) is 0 Å². The largest absolute Gasteiger partial charge is 0.378 e. The van der Waals surface area contributed by atoms with Crippen LogP contribution in [0, 0.1) is 0 Å². The summed E-state index contributed by atoms with van der Waals surface area (Å²) in [5.41, 5.74) is 0.0617. The molecule has 2 heteroatoms. The minimum Gasteiger partial charge on any atom is -0.378 e. The zero-order valence-electron chi connectivity index (χ0n) is 10.6. The Morgan fingerprint density at radius 2 is 2.25 bits per heavy atom. The Labute approximate surface area is 99.0 Å². The van der Waals surface area contributed by atoms with Crippen LogP contribution in [0.3, 0.4) is 0 Å². The van der Waals surface area contributed by atoms with E-state index in [1.54, 1.807) is 0 Å². The predicted octanol–water partition coefficient (Wildman–Crippen LogP) is 3.46. The maximum absolute atomic E-state index is 6.36. The lowest BCUT2D eigenvalue weighted by Crippen LogP contribution is -2.55. The van der Waals surface area contributed by atoms with Crippen LogP contribution in [0.2, 0.25) is 0 Å². The molecule has 2 rings (SSSR count). The summed E-state index contributed by atoms with van der Waals surface area (Å²) in [6.07, 6.45) is 9.06. The molecule has 2 saturated heterocycles. The van der Waals surface area contributed by atoms with Crippen molar-refractivity contribution >= 4 is 0 Å². The Kier molecular flexibility index (Phi) is 3.41. The van der Waals surface area contributed by atoms with Gasteiger partial charge in [-0.25, -0.2) is 0 Å². The van der Waals surface area contributed by atoms with Gasteiger partial charge >= 0.3 is 0 Å². The van der Waals surface area contributed by atoms with Gasteiger partial charge in [-0.05, 0) is 39.5 Å². The van der Waals surface area contributed by atoms with Gasteiger partial charge in [-0.3, -0.25) is 0 Å². The van der Waals surface area contributed by atoms with Gasteiger partial charge in [-0.15, -0.1) is 6.58 Å². The normalized spacial score (nSPS) is 43.0. The van der Waals surface area contributed by atoms with E-state index in [1.807, 2.05) is 6.08 Å². The van der Waals surface area contributed by atoms with Crippen LogP contribution < -0.4 is 0 Å². The van der Waals surface area contributed by atoms with Crippen molar-refractivity contribution in [3.05, 3.63) is 12.7 Å². The molecule has 2 nitrogen and oxygen atoms in total. The maximum atomic E-state index is 6.36. The number of fused-ring (bicyclic) bond motifs is 2. The summed E-state index contributed by atoms with van der Waals surface area (Å²) in [5, 5.41) is 0. The lowest BCUT2D eigenvalue weighted by Gasteiger charge is -2.53. The second-order valence-electron chi connectivity index (χ2n) is 5.57. The van der Waals surface area contributed by atoms with Crippen LogP contribution in [-0.2, 0) is 9.47 Å². The first-order valence-corrected chi connectivity index (χ1v) is 6.54. The molecule has 2 bridgehead atoms. The minimum atomic E-state index is 0.0207. The second kappa shape index (κ2) is 4.50. The van der Waals surface area contributed by atoms with Crippen molar-refractivity contribution in [2.75, 3.05) is 6.61 Å². The highest BCUT2D eigenvalue weighted by atomic mass is 16.5. The van der Waals surface area contributed by atoms with Gasteiger partial charge in [0.25, 0.3) is 0 Å². The van der Waals surface area contributed by atoms with Crippen LogP contribution in [-0.4, -0.2) is 23.9 Å². The van der Waals surface area contributed by atoms with Gasteiger partial charge in [0.2, 0.25) is 0 Å². The fraction of sp³-hybridized carbons (Fsp3) is 0.857. The summed E-state index contributed by atoms with van der Waals surface area (Å²) >= 11 is 0. The molecular formula is C14H24O2. The third-order valence-corrected chi connectivity index (χ3v) is 3.98. The van der Waals surface area contributed by atoms with E-state index >= 15 is 0 Å². The third kappa shape index (κ3) is 2.33. The smallest absolute Gasteiger partial charge is 0.0748 e. The molecule has 0 aromatic heterocycles. The highest BCUT2D eigenvalue weighted by molar-refractivity contribution is 5.02. The van der Waals surface area contributed by atoms with E-state index in [4.69, 9.17) is 9.47 Å². The minimum absolute atomic E-state index is 0.0207. The van der Waals surface area contributed by atoms with Crippen molar-refractivity contribution in [2.24, 2.45) is 0 Å². The van der Waals surface area contributed by atoms with Crippen molar-refractivity contribution in [1.29, 1.82) is 0 Å². The average molecular weight is 224 g/mol. The molecule has 0 aromatic carbocycles. The molecule has 0 aromatic rings. The average Bonchev–Trinajstić information content (AvgIpc) is 2.15. The Bertz CT molecular complexity index is 263. The van der Waals surface area contributed by atoms with E-state index in [0.29, 0.717) is 6.10 Å². The number of ether oxygens (including phenoxy) is 2. The molecule has 0 aliphatic carbocycles. The molecule has 2 fully saturated rings. The molecular weight excluding hydrogens is 200 g/mol. The van der Waals surface area contributed by atoms with Gasteiger partial charge in [0, 0.05) is 19.4 Å². The fourth-order valence-electron chi connectivity index (χ4n) is 3.51. The number of rotatable bonds is 4. The van der Waals surface area contributed by atoms with Gasteiger partial charge in [0.15, 0.2) is 0 Å². The van der Waals surface area contributed by atoms with Gasteiger partial charge < -0.3 is 9.47 Å². The first-order chi connectivity index (χ1) is 7.61. The summed E-state index contributed by atoms with van der Waals surface area (Å²) in [6, 6.07) is 0. The highest BCUT2D eigenvalue weighted by Crippen LogP contribution is 2.48. The molecule has 2 aliphatic rings. The Morgan fingerprint density at radius 3 is 2.94 bits per heavy atom. The van der Waals surface area contributed by atoms with Crippen molar-refractivity contribution < 1.29 is 9.47 Å². The van der Waals surface area contributed by atoms with Crippen molar-refractivity contribution in [3.63, 3.8) is 0 Å². The van der Waals surface area contributed by atoms with E-state index in [9.17, 15) is 0 Å². The zero-order chi connectivity index (χ0) is 11.6. The van der Waals surface area contributed by atoms with Gasteiger partial charge in [-0.2, -0.15) is 0 Å². The summed E-state index contributed by atoms with van der Waals surface area (Å²) in [5.74, 6) is 0. The van der Waals surface area contributed by atoms with Crippen LogP contribution in [0.5, 0.6) is 0 Å². The molecule has 0 amide bonds. The van der Waals surface area contributed by atoms with Gasteiger partial charge in [0.1, 0.15) is 0 Å². The van der Waals surface area contributed by atoms with E-state index in [0.717, 1.165) is 32.3 Å².